The minimum absolute atomic E-state index is 0.737. The molecular formula is C17H21NO. The maximum Gasteiger partial charge on any atom is 0.125 e. The molecule has 0 aliphatic rings. The first kappa shape index (κ1) is 13.5. The van der Waals surface area contributed by atoms with Gasteiger partial charge in [0.15, 0.2) is 0 Å². The lowest BCUT2D eigenvalue weighted by molar-refractivity contribution is 0.307. The van der Waals surface area contributed by atoms with Crippen LogP contribution in [0.3, 0.4) is 0 Å². The summed E-state index contributed by atoms with van der Waals surface area (Å²) in [6, 6.07) is 14.4. The predicted molar refractivity (Wildman–Crippen MR) is 80.6 cm³/mol. The van der Waals surface area contributed by atoms with Gasteiger partial charge in [-0.05, 0) is 55.5 Å². The molecule has 19 heavy (non-hydrogen) atoms. The Bertz CT molecular complexity index is 511. The number of hydrogen-bond acceptors (Lipinski definition) is 2. The molecule has 2 N–H and O–H groups in total. The van der Waals surface area contributed by atoms with Crippen LogP contribution in [0.15, 0.2) is 42.5 Å². The third kappa shape index (κ3) is 3.75. The molecule has 100 valence electrons. The van der Waals surface area contributed by atoms with E-state index in [1.165, 1.54) is 5.56 Å². The van der Waals surface area contributed by atoms with Crippen molar-refractivity contribution in [1.82, 2.24) is 0 Å². The molecule has 0 unspecified atom stereocenters. The van der Waals surface area contributed by atoms with Crippen molar-refractivity contribution in [2.75, 3.05) is 12.3 Å². The first-order chi connectivity index (χ1) is 9.16. The van der Waals surface area contributed by atoms with Crippen LogP contribution in [-0.4, -0.2) is 6.61 Å². The Morgan fingerprint density at radius 1 is 1.00 bits per heavy atom. The van der Waals surface area contributed by atoms with Gasteiger partial charge in [-0.3, -0.25) is 0 Å². The number of anilines is 1. The van der Waals surface area contributed by atoms with Gasteiger partial charge in [0.05, 0.1) is 6.61 Å². The Morgan fingerprint density at radius 2 is 1.63 bits per heavy atom. The highest BCUT2D eigenvalue weighted by Crippen LogP contribution is 2.25. The van der Waals surface area contributed by atoms with E-state index in [9.17, 15) is 0 Å². The number of ether oxygens (including phenoxy) is 1. The number of hydrogen-bond donors (Lipinski definition) is 1. The molecule has 0 fully saturated rings. The second-order valence-electron chi connectivity index (χ2n) is 4.92. The number of aryl methyl sites for hydroxylation is 3. The summed E-state index contributed by atoms with van der Waals surface area (Å²) < 4.78 is 5.89. The summed E-state index contributed by atoms with van der Waals surface area (Å²) in [4.78, 5) is 0. The summed E-state index contributed by atoms with van der Waals surface area (Å²) in [5.74, 6) is 0.974. The third-order valence-electron chi connectivity index (χ3n) is 3.18. The Labute approximate surface area is 115 Å². The van der Waals surface area contributed by atoms with E-state index in [4.69, 9.17) is 10.5 Å². The average molecular weight is 255 g/mol. The van der Waals surface area contributed by atoms with E-state index in [0.29, 0.717) is 0 Å². The topological polar surface area (TPSA) is 35.2 Å². The van der Waals surface area contributed by atoms with Gasteiger partial charge in [0.1, 0.15) is 5.75 Å². The van der Waals surface area contributed by atoms with Crippen molar-refractivity contribution < 1.29 is 4.74 Å². The van der Waals surface area contributed by atoms with Crippen LogP contribution in [0.4, 0.5) is 5.69 Å². The lowest BCUT2D eigenvalue weighted by atomic mass is 10.1. The first-order valence-corrected chi connectivity index (χ1v) is 6.70. The fourth-order valence-electron chi connectivity index (χ4n) is 2.31. The highest BCUT2D eigenvalue weighted by atomic mass is 16.5. The molecule has 0 atom stereocenters. The average Bonchev–Trinajstić information content (AvgIpc) is 2.38. The van der Waals surface area contributed by atoms with E-state index in [1.807, 2.05) is 32.0 Å². The van der Waals surface area contributed by atoms with Crippen molar-refractivity contribution in [3.63, 3.8) is 0 Å². The number of nitrogen functional groups attached to an aromatic ring is 1. The molecule has 0 aromatic heterocycles. The van der Waals surface area contributed by atoms with Crippen molar-refractivity contribution >= 4 is 5.69 Å². The van der Waals surface area contributed by atoms with Crippen LogP contribution < -0.4 is 10.5 Å². The van der Waals surface area contributed by atoms with Gasteiger partial charge in [0.25, 0.3) is 0 Å². The highest BCUT2D eigenvalue weighted by molar-refractivity contribution is 5.52. The molecule has 0 saturated carbocycles. The van der Waals surface area contributed by atoms with Crippen LogP contribution in [0, 0.1) is 13.8 Å². The Balaban J connectivity index is 1.86. The zero-order valence-electron chi connectivity index (χ0n) is 11.6. The summed E-state index contributed by atoms with van der Waals surface area (Å²) in [5.41, 5.74) is 10.2. The van der Waals surface area contributed by atoms with Crippen molar-refractivity contribution in [2.24, 2.45) is 0 Å². The Hall–Kier alpha value is -1.96. The molecule has 0 saturated heterocycles. The molecule has 0 aliphatic heterocycles. The molecule has 2 aromatic carbocycles. The van der Waals surface area contributed by atoms with Crippen LogP contribution in [0.2, 0.25) is 0 Å². The minimum atomic E-state index is 0.737. The predicted octanol–water partition coefficient (Wildman–Crippen LogP) is 3.90. The van der Waals surface area contributed by atoms with Gasteiger partial charge in [-0.25, -0.2) is 0 Å². The monoisotopic (exact) mass is 255 g/mol. The van der Waals surface area contributed by atoms with Gasteiger partial charge in [-0.2, -0.15) is 0 Å². The Kier molecular flexibility index (Phi) is 4.45. The molecular weight excluding hydrogens is 234 g/mol. The molecule has 0 amide bonds. The van der Waals surface area contributed by atoms with Crippen molar-refractivity contribution in [3.8, 4) is 5.75 Å². The van der Waals surface area contributed by atoms with Gasteiger partial charge in [0, 0.05) is 5.69 Å². The summed E-state index contributed by atoms with van der Waals surface area (Å²) in [7, 11) is 0. The van der Waals surface area contributed by atoms with E-state index in [-0.39, 0.29) is 0 Å². The third-order valence-corrected chi connectivity index (χ3v) is 3.18. The van der Waals surface area contributed by atoms with E-state index in [2.05, 4.69) is 24.3 Å². The molecule has 0 aliphatic carbocycles. The van der Waals surface area contributed by atoms with E-state index in [1.54, 1.807) is 0 Å². The molecule has 0 spiro atoms. The summed E-state index contributed by atoms with van der Waals surface area (Å²) in [6.45, 7) is 4.81. The molecule has 0 radical (unpaired) electrons. The quantitative estimate of drug-likeness (QED) is 0.649. The van der Waals surface area contributed by atoms with Crippen LogP contribution in [0.1, 0.15) is 23.1 Å². The lowest BCUT2D eigenvalue weighted by Crippen LogP contribution is -2.03. The van der Waals surface area contributed by atoms with Crippen molar-refractivity contribution in [2.45, 2.75) is 26.7 Å². The van der Waals surface area contributed by atoms with E-state index in [0.717, 1.165) is 42.0 Å². The molecule has 2 nitrogen and oxygen atoms in total. The van der Waals surface area contributed by atoms with Crippen molar-refractivity contribution in [3.05, 3.63) is 59.2 Å². The van der Waals surface area contributed by atoms with Crippen LogP contribution >= 0.6 is 0 Å². The van der Waals surface area contributed by atoms with Crippen LogP contribution in [0.25, 0.3) is 0 Å². The fourth-order valence-corrected chi connectivity index (χ4v) is 2.31. The summed E-state index contributed by atoms with van der Waals surface area (Å²) >= 11 is 0. The standard InChI is InChI=1S/C17H21NO/c1-13-11-16(18)12-14(2)17(13)19-10-6-9-15-7-4-3-5-8-15/h3-5,7-8,11-12H,6,9-10,18H2,1-2H3. The largest absolute Gasteiger partial charge is 0.493 e. The van der Waals surface area contributed by atoms with E-state index < -0.39 is 0 Å². The Morgan fingerprint density at radius 3 is 2.26 bits per heavy atom. The van der Waals surface area contributed by atoms with Crippen LogP contribution in [0.5, 0.6) is 5.75 Å². The second-order valence-corrected chi connectivity index (χ2v) is 4.92. The first-order valence-electron chi connectivity index (χ1n) is 6.70. The summed E-state index contributed by atoms with van der Waals surface area (Å²) in [6.07, 6.45) is 2.07. The SMILES string of the molecule is Cc1cc(N)cc(C)c1OCCCc1ccccc1. The van der Waals surface area contributed by atoms with Gasteiger partial charge >= 0.3 is 0 Å². The molecule has 2 heteroatoms. The maximum atomic E-state index is 5.89. The number of nitrogens with two attached hydrogens (primary N) is 1. The van der Waals surface area contributed by atoms with Gasteiger partial charge in [-0.15, -0.1) is 0 Å². The summed E-state index contributed by atoms with van der Waals surface area (Å²) in [5, 5.41) is 0. The molecule has 0 bridgehead atoms. The second kappa shape index (κ2) is 6.28. The molecule has 2 rings (SSSR count). The van der Waals surface area contributed by atoms with Crippen LogP contribution in [-0.2, 0) is 6.42 Å². The minimum Gasteiger partial charge on any atom is -0.493 e. The van der Waals surface area contributed by atoms with Crippen molar-refractivity contribution in [1.29, 1.82) is 0 Å². The molecule has 2 aromatic rings. The molecule has 0 heterocycles. The zero-order valence-corrected chi connectivity index (χ0v) is 11.6. The maximum absolute atomic E-state index is 5.89. The van der Waals surface area contributed by atoms with Gasteiger partial charge in [0.2, 0.25) is 0 Å². The number of benzene rings is 2. The van der Waals surface area contributed by atoms with Gasteiger partial charge in [-0.1, -0.05) is 30.3 Å². The lowest BCUT2D eigenvalue weighted by Gasteiger charge is -2.13. The highest BCUT2D eigenvalue weighted by Gasteiger charge is 2.05. The zero-order chi connectivity index (χ0) is 13.7. The smallest absolute Gasteiger partial charge is 0.125 e. The van der Waals surface area contributed by atoms with E-state index >= 15 is 0 Å². The normalized spacial score (nSPS) is 10.4. The van der Waals surface area contributed by atoms with Gasteiger partial charge < -0.3 is 10.5 Å². The number of rotatable bonds is 5. The fraction of sp³-hybridized carbons (Fsp3) is 0.294.